The minimum absolute atomic E-state index is 0. The second-order valence-electron chi connectivity index (χ2n) is 15.6. The molecule has 1 aliphatic carbocycles. The van der Waals surface area contributed by atoms with Gasteiger partial charge in [0, 0.05) is 40.4 Å². The van der Waals surface area contributed by atoms with Crippen LogP contribution >= 0.6 is 0 Å². The first-order valence-corrected chi connectivity index (χ1v) is 18.9. The van der Waals surface area contributed by atoms with Crippen LogP contribution in [0.2, 0.25) is 0 Å². The van der Waals surface area contributed by atoms with Crippen LogP contribution < -0.4 is 4.74 Å². The maximum atomic E-state index is 6.71. The molecule has 0 fully saturated rings. The third-order valence-corrected chi connectivity index (χ3v) is 10.9. The first-order valence-electron chi connectivity index (χ1n) is 18.9. The predicted molar refractivity (Wildman–Crippen MR) is 211 cm³/mol. The first kappa shape index (κ1) is 37.8. The molecule has 52 heavy (non-hydrogen) atoms. The minimum atomic E-state index is -0.110. The fraction of sp³-hybridized carbons (Fsp3) is 0.391. The topological polar surface area (TPSA) is 44.9 Å². The molecule has 1 unspecified atom stereocenters. The zero-order valence-corrected chi connectivity index (χ0v) is 34.5. The van der Waals surface area contributed by atoms with Crippen LogP contribution in [0.5, 0.6) is 11.5 Å². The summed E-state index contributed by atoms with van der Waals surface area (Å²) in [5, 5.41) is 7.48. The SMILES string of the molecule is CCCc1ccnc(-n2c3[c-]c(Oc4[c-]c(-n5nc(C)c(C6C(CC)=C[C@H](C)C[C@@H]6CC)c5C)cc(C(C)(C)C)c4)ccc3c3ccccc32)c1.[Pt+2]. The molecule has 3 aromatic heterocycles. The molecule has 0 radical (unpaired) electrons. The van der Waals surface area contributed by atoms with Gasteiger partial charge in [-0.2, -0.15) is 11.2 Å². The summed E-state index contributed by atoms with van der Waals surface area (Å²) in [6.45, 7) is 20.4. The van der Waals surface area contributed by atoms with Crippen LogP contribution in [0.4, 0.5) is 0 Å². The quantitative estimate of drug-likeness (QED) is 0.107. The number of hydrogen-bond acceptors (Lipinski definition) is 3. The summed E-state index contributed by atoms with van der Waals surface area (Å²) in [6.07, 6.45) is 9.99. The fourth-order valence-electron chi connectivity index (χ4n) is 8.40. The minimum Gasteiger partial charge on any atom is -0.509 e. The van der Waals surface area contributed by atoms with Gasteiger partial charge in [0.1, 0.15) is 5.82 Å². The van der Waals surface area contributed by atoms with Crippen molar-refractivity contribution < 1.29 is 25.8 Å². The first-order chi connectivity index (χ1) is 24.5. The summed E-state index contributed by atoms with van der Waals surface area (Å²) < 4.78 is 11.0. The van der Waals surface area contributed by atoms with Gasteiger partial charge in [-0.25, -0.2) is 4.98 Å². The molecule has 6 heteroatoms. The van der Waals surface area contributed by atoms with Crippen molar-refractivity contribution in [1.82, 2.24) is 19.3 Å². The zero-order valence-electron chi connectivity index (χ0n) is 32.2. The van der Waals surface area contributed by atoms with E-state index in [4.69, 9.17) is 14.8 Å². The van der Waals surface area contributed by atoms with Crippen molar-refractivity contribution in [2.75, 3.05) is 0 Å². The Hall–Kier alpha value is -3.95. The van der Waals surface area contributed by atoms with E-state index in [9.17, 15) is 0 Å². The normalized spacial score (nSPS) is 17.7. The largest absolute Gasteiger partial charge is 2.00 e. The van der Waals surface area contributed by atoms with E-state index in [2.05, 4.69) is 144 Å². The van der Waals surface area contributed by atoms with Gasteiger partial charge in [-0.15, -0.1) is 41.3 Å². The van der Waals surface area contributed by atoms with Gasteiger partial charge < -0.3 is 9.30 Å². The molecule has 0 aliphatic heterocycles. The van der Waals surface area contributed by atoms with Gasteiger partial charge in [-0.05, 0) is 85.2 Å². The average molecular weight is 872 g/mol. The van der Waals surface area contributed by atoms with E-state index in [-0.39, 0.29) is 26.5 Å². The van der Waals surface area contributed by atoms with Gasteiger partial charge in [0.2, 0.25) is 0 Å². The Morgan fingerprint density at radius 2 is 1.71 bits per heavy atom. The number of fused-ring (bicyclic) bond motifs is 3. The number of aryl methyl sites for hydroxylation is 2. The van der Waals surface area contributed by atoms with E-state index >= 15 is 0 Å². The van der Waals surface area contributed by atoms with Crippen molar-refractivity contribution in [3.63, 3.8) is 0 Å². The van der Waals surface area contributed by atoms with Crippen LogP contribution in [0.15, 0.2) is 78.5 Å². The van der Waals surface area contributed by atoms with Gasteiger partial charge in [-0.1, -0.05) is 96.7 Å². The molecule has 0 saturated carbocycles. The molecule has 1 aliphatic rings. The molecule has 0 amide bonds. The maximum Gasteiger partial charge on any atom is 2.00 e. The van der Waals surface area contributed by atoms with Crippen LogP contribution in [-0.4, -0.2) is 19.3 Å². The molecule has 3 heterocycles. The molecule has 5 nitrogen and oxygen atoms in total. The number of ether oxygens (including phenoxy) is 1. The van der Waals surface area contributed by atoms with Crippen LogP contribution in [-0.2, 0) is 32.9 Å². The van der Waals surface area contributed by atoms with Crippen molar-refractivity contribution in [2.45, 2.75) is 106 Å². The molecule has 3 aromatic carbocycles. The Bertz CT molecular complexity index is 2250. The van der Waals surface area contributed by atoms with Crippen molar-refractivity contribution in [3.8, 4) is 23.0 Å². The van der Waals surface area contributed by atoms with E-state index in [0.717, 1.165) is 52.9 Å². The maximum absolute atomic E-state index is 6.71. The number of allylic oxidation sites excluding steroid dienone is 2. The second-order valence-corrected chi connectivity index (χ2v) is 15.6. The molecule has 0 N–H and O–H groups in total. The van der Waals surface area contributed by atoms with E-state index in [1.54, 1.807) is 5.57 Å². The third-order valence-electron chi connectivity index (χ3n) is 10.9. The summed E-state index contributed by atoms with van der Waals surface area (Å²) in [7, 11) is 0. The Labute approximate surface area is 324 Å². The zero-order chi connectivity index (χ0) is 36.0. The van der Waals surface area contributed by atoms with Crippen LogP contribution in [0.25, 0.3) is 33.3 Å². The van der Waals surface area contributed by atoms with E-state index < -0.39 is 0 Å². The molecular formula is C46H52N4OPt. The van der Waals surface area contributed by atoms with Crippen molar-refractivity contribution in [1.29, 1.82) is 0 Å². The third kappa shape index (κ3) is 7.06. The standard InChI is InChI=1S/C46H52N4O.Pt/c1-10-15-32-20-21-47-43(24-32)49-41-17-14-13-16-39(41)40-19-18-37(28-42(40)49)51-38-26-35(46(7,8)9)25-36(27-38)50-31(6)44(30(5)48-50)45-33(11-2)22-29(4)23-34(45)12-3;/h13-14,16-22,24-26,29,34,45H,10-12,15,23H2,1-9H3;/q-2;+2/t29-,34-,45?;/m0./s1. The van der Waals surface area contributed by atoms with E-state index in [0.29, 0.717) is 29.3 Å². The molecule has 3 atom stereocenters. The monoisotopic (exact) mass is 871 g/mol. The van der Waals surface area contributed by atoms with Gasteiger partial charge in [0.25, 0.3) is 0 Å². The number of nitrogens with zero attached hydrogens (tertiary/aromatic N) is 4. The number of benzene rings is 3. The summed E-state index contributed by atoms with van der Waals surface area (Å²) in [4.78, 5) is 4.82. The molecule has 7 rings (SSSR count). The molecule has 0 spiro atoms. The molecule has 0 saturated heterocycles. The van der Waals surface area contributed by atoms with E-state index in [1.807, 2.05) is 12.3 Å². The van der Waals surface area contributed by atoms with Crippen LogP contribution in [0.3, 0.4) is 0 Å². The number of rotatable bonds is 9. The van der Waals surface area contributed by atoms with Gasteiger partial charge >= 0.3 is 21.1 Å². The van der Waals surface area contributed by atoms with Gasteiger partial charge in [-0.3, -0.25) is 4.68 Å². The van der Waals surface area contributed by atoms with Crippen LogP contribution in [0, 0.1) is 37.8 Å². The molecule has 272 valence electrons. The Morgan fingerprint density at radius 3 is 2.44 bits per heavy atom. The Balaban J connectivity index is 0.00000464. The van der Waals surface area contributed by atoms with Gasteiger partial charge in [0.05, 0.1) is 5.69 Å². The van der Waals surface area contributed by atoms with Crippen molar-refractivity contribution >= 4 is 21.8 Å². The Morgan fingerprint density at radius 1 is 0.923 bits per heavy atom. The number of para-hydroxylation sites is 1. The molecular weight excluding hydrogens is 820 g/mol. The number of aromatic nitrogens is 4. The molecule has 6 aromatic rings. The van der Waals surface area contributed by atoms with Crippen LogP contribution in [0.1, 0.15) is 108 Å². The fourth-order valence-corrected chi connectivity index (χ4v) is 8.40. The van der Waals surface area contributed by atoms with Crippen molar-refractivity contribution in [3.05, 3.63) is 119 Å². The van der Waals surface area contributed by atoms with Gasteiger partial charge in [0.15, 0.2) is 0 Å². The van der Waals surface area contributed by atoms with E-state index in [1.165, 1.54) is 40.6 Å². The molecule has 0 bridgehead atoms. The number of pyridine rings is 1. The smallest absolute Gasteiger partial charge is 0.509 e. The summed E-state index contributed by atoms with van der Waals surface area (Å²) in [5.41, 5.74) is 10.5. The second kappa shape index (κ2) is 15.2. The average Bonchev–Trinajstić information content (AvgIpc) is 3.60. The summed E-state index contributed by atoms with van der Waals surface area (Å²) in [6, 6.07) is 28.6. The predicted octanol–water partition coefficient (Wildman–Crippen LogP) is 12.1. The number of hydrogen-bond donors (Lipinski definition) is 0. The summed E-state index contributed by atoms with van der Waals surface area (Å²) in [5.74, 6) is 3.82. The summed E-state index contributed by atoms with van der Waals surface area (Å²) >= 11 is 0. The Kier molecular flexibility index (Phi) is 11.0. The van der Waals surface area contributed by atoms with Crippen molar-refractivity contribution in [2.24, 2.45) is 11.8 Å².